The number of likely N-dealkylation sites (N-methyl/N-ethyl adjacent to an activating group) is 2. The Balaban J connectivity index is 0.00000220. The van der Waals surface area contributed by atoms with E-state index in [4.69, 9.17) is 4.42 Å². The first-order valence-electron chi connectivity index (χ1n) is 6.89. The van der Waals surface area contributed by atoms with Gasteiger partial charge in [0.15, 0.2) is 0 Å². The second-order valence-electron chi connectivity index (χ2n) is 5.24. The van der Waals surface area contributed by atoms with E-state index in [-0.39, 0.29) is 18.3 Å². The molecule has 2 rings (SSSR count). The maximum Gasteiger partial charge on any atom is 0.226 e. The molecule has 1 N–H and O–H groups in total. The smallest absolute Gasteiger partial charge is 0.226 e. The van der Waals surface area contributed by atoms with Crippen LogP contribution < -0.4 is 5.32 Å². The first-order valence-corrected chi connectivity index (χ1v) is 6.89. The highest BCUT2D eigenvalue weighted by atomic mass is 35.5. The predicted molar refractivity (Wildman–Crippen MR) is 88.2 cm³/mol. The fourth-order valence-corrected chi connectivity index (χ4v) is 2.23. The molecule has 1 amide bonds. The molecule has 4 nitrogen and oxygen atoms in total. The minimum Gasteiger partial charge on any atom is -0.464 e. The third kappa shape index (κ3) is 3.77. The van der Waals surface area contributed by atoms with Gasteiger partial charge in [-0.25, -0.2) is 0 Å². The van der Waals surface area contributed by atoms with Gasteiger partial charge in [-0.1, -0.05) is 12.1 Å². The summed E-state index contributed by atoms with van der Waals surface area (Å²) >= 11 is 0. The second kappa shape index (κ2) is 7.48. The lowest BCUT2D eigenvalue weighted by Gasteiger charge is -2.16. The summed E-state index contributed by atoms with van der Waals surface area (Å²) in [6.07, 6.45) is 2.09. The highest BCUT2D eigenvalue weighted by Gasteiger charge is 2.15. The van der Waals surface area contributed by atoms with Crippen molar-refractivity contribution in [3.8, 4) is 0 Å². The van der Waals surface area contributed by atoms with Gasteiger partial charge in [-0.05, 0) is 32.0 Å². The number of hydrogen-bond donors (Lipinski definition) is 1. The third-order valence-electron chi connectivity index (χ3n) is 3.81. The topological polar surface area (TPSA) is 45.5 Å². The van der Waals surface area contributed by atoms with E-state index in [0.717, 1.165) is 28.6 Å². The lowest BCUT2D eigenvalue weighted by molar-refractivity contribution is -0.129. The average Bonchev–Trinajstić information content (AvgIpc) is 2.84. The van der Waals surface area contributed by atoms with E-state index in [2.05, 4.69) is 18.3 Å². The molecule has 0 unspecified atom stereocenters. The van der Waals surface area contributed by atoms with E-state index in [9.17, 15) is 4.79 Å². The summed E-state index contributed by atoms with van der Waals surface area (Å²) in [4.78, 5) is 13.9. The molecule has 0 saturated carbocycles. The van der Waals surface area contributed by atoms with E-state index >= 15 is 0 Å². The van der Waals surface area contributed by atoms with Crippen molar-refractivity contribution in [1.29, 1.82) is 0 Å². The summed E-state index contributed by atoms with van der Waals surface area (Å²) in [5.41, 5.74) is 4.20. The van der Waals surface area contributed by atoms with Crippen LogP contribution in [0.2, 0.25) is 0 Å². The number of nitrogens with one attached hydrogen (secondary N) is 1. The average molecular weight is 311 g/mol. The van der Waals surface area contributed by atoms with Crippen molar-refractivity contribution in [2.75, 3.05) is 27.2 Å². The van der Waals surface area contributed by atoms with Crippen molar-refractivity contribution in [3.05, 3.63) is 35.1 Å². The molecule has 0 radical (unpaired) electrons. The molecule has 1 heterocycles. The molecule has 1 aromatic heterocycles. The molecule has 0 fully saturated rings. The van der Waals surface area contributed by atoms with Crippen LogP contribution in [-0.2, 0) is 11.2 Å². The molecule has 0 aliphatic heterocycles. The summed E-state index contributed by atoms with van der Waals surface area (Å²) in [6, 6.07) is 4.11. The number of aryl methyl sites for hydroxylation is 2. The standard InChI is InChI=1S/C16H22N2O2.ClH/c1-11-5-6-14-13(10-20-16(14)12(11)2)9-15(19)18(4)8-7-17-3;/h5-6,10,17H,7-9H2,1-4H3;1H. The Hall–Kier alpha value is -1.52. The zero-order valence-electron chi connectivity index (χ0n) is 13.0. The van der Waals surface area contributed by atoms with Crippen molar-refractivity contribution in [3.63, 3.8) is 0 Å². The predicted octanol–water partition coefficient (Wildman–Crippen LogP) is 2.69. The number of carbonyl (C=O) groups is 1. The number of benzene rings is 1. The molecule has 2 aromatic rings. The Morgan fingerprint density at radius 1 is 1.33 bits per heavy atom. The maximum atomic E-state index is 12.2. The van der Waals surface area contributed by atoms with Gasteiger partial charge >= 0.3 is 0 Å². The molecule has 5 heteroatoms. The quantitative estimate of drug-likeness (QED) is 0.923. The molecule has 0 saturated heterocycles. The number of rotatable bonds is 5. The van der Waals surface area contributed by atoms with Crippen molar-refractivity contribution < 1.29 is 9.21 Å². The van der Waals surface area contributed by atoms with Crippen molar-refractivity contribution in [1.82, 2.24) is 10.2 Å². The van der Waals surface area contributed by atoms with Crippen LogP contribution in [0.15, 0.2) is 22.8 Å². The molecule has 1 aromatic carbocycles. The van der Waals surface area contributed by atoms with Gasteiger partial charge in [-0.2, -0.15) is 0 Å². The highest BCUT2D eigenvalue weighted by molar-refractivity contribution is 5.89. The van der Waals surface area contributed by atoms with Gasteiger partial charge in [0.25, 0.3) is 0 Å². The van der Waals surface area contributed by atoms with Crippen molar-refractivity contribution in [2.24, 2.45) is 0 Å². The van der Waals surface area contributed by atoms with Crippen LogP contribution in [0.1, 0.15) is 16.7 Å². The number of amides is 1. The van der Waals surface area contributed by atoms with Gasteiger partial charge in [0.05, 0.1) is 12.7 Å². The van der Waals surface area contributed by atoms with Crippen LogP contribution in [0.5, 0.6) is 0 Å². The first-order chi connectivity index (χ1) is 9.54. The molecule has 116 valence electrons. The highest BCUT2D eigenvalue weighted by Crippen LogP contribution is 2.26. The first kappa shape index (κ1) is 17.5. The van der Waals surface area contributed by atoms with Crippen LogP contribution >= 0.6 is 12.4 Å². The molecule has 0 bridgehead atoms. The van der Waals surface area contributed by atoms with E-state index in [0.29, 0.717) is 13.0 Å². The zero-order valence-corrected chi connectivity index (χ0v) is 13.8. The lowest BCUT2D eigenvalue weighted by atomic mass is 10.0. The Bertz CT molecular complexity index is 622. The largest absolute Gasteiger partial charge is 0.464 e. The van der Waals surface area contributed by atoms with Crippen LogP contribution in [0.4, 0.5) is 0 Å². The van der Waals surface area contributed by atoms with Gasteiger partial charge in [0.1, 0.15) is 5.58 Å². The number of carbonyl (C=O) groups excluding carboxylic acids is 1. The van der Waals surface area contributed by atoms with Gasteiger partial charge in [0.2, 0.25) is 5.91 Å². The molecule has 0 atom stereocenters. The molecular weight excluding hydrogens is 288 g/mol. The minimum atomic E-state index is 0. The Labute approximate surface area is 131 Å². The number of fused-ring (bicyclic) bond motifs is 1. The van der Waals surface area contributed by atoms with Crippen LogP contribution in [0.3, 0.4) is 0 Å². The molecule has 0 aliphatic rings. The number of hydrogen-bond acceptors (Lipinski definition) is 3. The summed E-state index contributed by atoms with van der Waals surface area (Å²) in [7, 11) is 3.71. The molecular formula is C16H23ClN2O2. The van der Waals surface area contributed by atoms with Gasteiger partial charge < -0.3 is 14.6 Å². The Kier molecular flexibility index (Phi) is 6.24. The van der Waals surface area contributed by atoms with Gasteiger partial charge in [-0.3, -0.25) is 4.79 Å². The van der Waals surface area contributed by atoms with Crippen LogP contribution in [0, 0.1) is 13.8 Å². The summed E-state index contributed by atoms with van der Waals surface area (Å²) in [6.45, 7) is 5.62. The fraction of sp³-hybridized carbons (Fsp3) is 0.438. The van der Waals surface area contributed by atoms with Crippen LogP contribution in [-0.4, -0.2) is 38.0 Å². The SMILES string of the molecule is CNCCN(C)C(=O)Cc1coc2c(C)c(C)ccc12.Cl. The van der Waals surface area contributed by atoms with Crippen molar-refractivity contribution in [2.45, 2.75) is 20.3 Å². The number of furan rings is 1. The van der Waals surface area contributed by atoms with Crippen molar-refractivity contribution >= 4 is 29.3 Å². The summed E-state index contributed by atoms with van der Waals surface area (Å²) in [5.74, 6) is 0.112. The fourth-order valence-electron chi connectivity index (χ4n) is 2.23. The minimum absolute atomic E-state index is 0. The summed E-state index contributed by atoms with van der Waals surface area (Å²) < 4.78 is 5.64. The zero-order chi connectivity index (χ0) is 14.7. The lowest BCUT2D eigenvalue weighted by Crippen LogP contribution is -2.33. The molecule has 21 heavy (non-hydrogen) atoms. The normalized spacial score (nSPS) is 10.5. The molecule has 0 aliphatic carbocycles. The second-order valence-corrected chi connectivity index (χ2v) is 5.24. The van der Waals surface area contributed by atoms with Crippen LogP contribution in [0.25, 0.3) is 11.0 Å². The van der Waals surface area contributed by atoms with E-state index in [1.54, 1.807) is 11.2 Å². The molecule has 0 spiro atoms. The third-order valence-corrected chi connectivity index (χ3v) is 3.81. The van der Waals surface area contributed by atoms with Gasteiger partial charge in [-0.15, -0.1) is 12.4 Å². The number of nitrogens with zero attached hydrogens (tertiary/aromatic N) is 1. The van der Waals surface area contributed by atoms with E-state index < -0.39 is 0 Å². The monoisotopic (exact) mass is 310 g/mol. The Morgan fingerprint density at radius 3 is 2.71 bits per heavy atom. The summed E-state index contributed by atoms with van der Waals surface area (Å²) in [5, 5.41) is 4.09. The Morgan fingerprint density at radius 2 is 2.05 bits per heavy atom. The van der Waals surface area contributed by atoms with E-state index in [1.165, 1.54) is 5.56 Å². The van der Waals surface area contributed by atoms with Gasteiger partial charge in [0, 0.05) is 31.1 Å². The number of halogens is 1. The van der Waals surface area contributed by atoms with E-state index in [1.807, 2.05) is 27.1 Å². The maximum absolute atomic E-state index is 12.2.